The lowest BCUT2D eigenvalue weighted by atomic mass is 10.1. The second-order valence-corrected chi connectivity index (χ2v) is 6.95. The Kier molecular flexibility index (Phi) is 8.33. The first-order valence-corrected chi connectivity index (χ1v) is 9.17. The average molecular weight is 450 g/mol. The van der Waals surface area contributed by atoms with Gasteiger partial charge in [0.25, 0.3) is 10.2 Å². The highest BCUT2D eigenvalue weighted by atomic mass is 35.5. The zero-order valence-corrected chi connectivity index (χ0v) is 16.8. The number of hydrogen-bond donors (Lipinski definition) is 4. The molecular formula is C16H18Cl2FN5O3S. The second-order valence-electron chi connectivity index (χ2n) is 5.57. The van der Waals surface area contributed by atoms with Gasteiger partial charge in [-0.1, -0.05) is 6.07 Å². The number of pyridine rings is 2. The fraction of sp³-hybridized carbons (Fsp3) is 0.125. The summed E-state index contributed by atoms with van der Waals surface area (Å²) in [5, 5.41) is 8.49. The fourth-order valence-corrected chi connectivity index (χ4v) is 2.86. The highest BCUT2D eigenvalue weighted by molar-refractivity contribution is 7.87. The number of aromatic nitrogens is 2. The maximum atomic E-state index is 14.2. The van der Waals surface area contributed by atoms with Crippen LogP contribution in [0, 0.1) is 5.82 Å². The molecule has 5 N–H and O–H groups in total. The summed E-state index contributed by atoms with van der Waals surface area (Å²) < 4.78 is 38.1. The van der Waals surface area contributed by atoms with Crippen LogP contribution < -0.4 is 20.7 Å². The van der Waals surface area contributed by atoms with Crippen LogP contribution in [-0.4, -0.2) is 24.9 Å². The summed E-state index contributed by atoms with van der Waals surface area (Å²) in [6.07, 6.45) is 1.84. The Bertz CT molecular complexity index is 1120. The summed E-state index contributed by atoms with van der Waals surface area (Å²) in [7, 11) is -3.76. The van der Waals surface area contributed by atoms with E-state index >= 15 is 0 Å². The quantitative estimate of drug-likeness (QED) is 0.456. The van der Waals surface area contributed by atoms with Crippen molar-refractivity contribution < 1.29 is 12.8 Å². The number of nitrogens with one attached hydrogen (secondary N) is 3. The lowest BCUT2D eigenvalue weighted by Gasteiger charge is -2.12. The predicted octanol–water partition coefficient (Wildman–Crippen LogP) is 1.98. The van der Waals surface area contributed by atoms with E-state index in [1.165, 1.54) is 18.3 Å². The minimum absolute atomic E-state index is 0. The van der Waals surface area contributed by atoms with Crippen molar-refractivity contribution >= 4 is 57.4 Å². The van der Waals surface area contributed by atoms with Crippen molar-refractivity contribution in [2.45, 2.75) is 6.42 Å². The first-order valence-electron chi connectivity index (χ1n) is 7.63. The Labute approximate surface area is 172 Å². The lowest BCUT2D eigenvalue weighted by molar-refractivity contribution is 0.583. The number of nitrogens with two attached hydrogens (primary N) is 1. The molecule has 3 aromatic rings. The molecule has 2 heterocycles. The molecule has 0 unspecified atom stereocenters. The van der Waals surface area contributed by atoms with Crippen molar-refractivity contribution in [3.8, 4) is 0 Å². The molecule has 3 rings (SSSR count). The second kappa shape index (κ2) is 9.80. The minimum atomic E-state index is -3.76. The number of halogens is 3. The summed E-state index contributed by atoms with van der Waals surface area (Å²) in [4.78, 5) is 18.1. The van der Waals surface area contributed by atoms with Crippen LogP contribution >= 0.6 is 24.8 Å². The van der Waals surface area contributed by atoms with Gasteiger partial charge in [0.15, 0.2) is 0 Å². The van der Waals surface area contributed by atoms with E-state index in [0.29, 0.717) is 23.1 Å². The summed E-state index contributed by atoms with van der Waals surface area (Å²) in [6.45, 7) is 0.101. The molecule has 152 valence electrons. The molecule has 0 saturated heterocycles. The van der Waals surface area contributed by atoms with Crippen molar-refractivity contribution in [2.75, 3.05) is 11.9 Å². The topological polar surface area (TPSA) is 130 Å². The summed E-state index contributed by atoms with van der Waals surface area (Å²) >= 11 is 0. The van der Waals surface area contributed by atoms with Crippen LogP contribution in [0.4, 0.5) is 15.8 Å². The number of rotatable bonds is 6. The molecule has 0 amide bonds. The Balaban J connectivity index is 0.00000196. The number of benzene rings is 1. The van der Waals surface area contributed by atoms with Gasteiger partial charge in [0.2, 0.25) is 5.56 Å². The molecule has 0 atom stereocenters. The first-order chi connectivity index (χ1) is 12.3. The van der Waals surface area contributed by atoms with Crippen molar-refractivity contribution in [1.29, 1.82) is 0 Å². The van der Waals surface area contributed by atoms with Crippen LogP contribution in [0.15, 0.2) is 47.4 Å². The SMILES string of the molecule is Cl.Cl.NS(=O)(=O)NCCc1ccc(F)c(Nc2ccnc3[nH]c(=O)ccc23)c1. The van der Waals surface area contributed by atoms with Crippen LogP contribution in [0.25, 0.3) is 11.0 Å². The van der Waals surface area contributed by atoms with Crippen LogP contribution in [0.5, 0.6) is 0 Å². The van der Waals surface area contributed by atoms with Crippen molar-refractivity contribution in [3.05, 3.63) is 64.3 Å². The standard InChI is InChI=1S/C16H16FN5O3S.2ClH/c17-12-3-1-10(5-8-20-26(18,24)25)9-14(12)21-13-6-7-19-16-11(13)2-4-15(23)22-16;;/h1-4,6-7,9,20H,5,8H2,(H2,18,24,25)(H2,19,21,22,23);2*1H. The Morgan fingerprint density at radius 1 is 1.11 bits per heavy atom. The number of fused-ring (bicyclic) bond motifs is 1. The molecule has 0 aliphatic rings. The zero-order valence-electron chi connectivity index (χ0n) is 14.3. The van der Waals surface area contributed by atoms with E-state index < -0.39 is 16.0 Å². The normalized spacial score (nSPS) is 10.8. The number of H-pyrrole nitrogens is 1. The van der Waals surface area contributed by atoms with Crippen LogP contribution in [0.1, 0.15) is 5.56 Å². The van der Waals surface area contributed by atoms with E-state index in [0.717, 1.165) is 5.56 Å². The van der Waals surface area contributed by atoms with Crippen molar-refractivity contribution in [2.24, 2.45) is 5.14 Å². The molecule has 12 heteroatoms. The van der Waals surface area contributed by atoms with Gasteiger partial charge < -0.3 is 10.3 Å². The fourth-order valence-electron chi connectivity index (χ4n) is 2.47. The molecule has 1 aromatic carbocycles. The maximum absolute atomic E-state index is 14.2. The molecule has 0 fully saturated rings. The molecule has 0 saturated carbocycles. The molecule has 0 aliphatic carbocycles. The average Bonchev–Trinajstić information content (AvgIpc) is 2.56. The predicted molar refractivity (Wildman–Crippen MR) is 111 cm³/mol. The number of anilines is 2. The first kappa shape index (κ1) is 23.8. The zero-order chi connectivity index (χ0) is 18.7. The van der Waals surface area contributed by atoms with Crippen LogP contribution in [-0.2, 0) is 16.6 Å². The summed E-state index contributed by atoms with van der Waals surface area (Å²) in [5.74, 6) is -0.470. The largest absolute Gasteiger partial charge is 0.352 e. The van der Waals surface area contributed by atoms with Gasteiger partial charge in [0.05, 0.1) is 11.4 Å². The Morgan fingerprint density at radius 3 is 2.57 bits per heavy atom. The lowest BCUT2D eigenvalue weighted by Crippen LogP contribution is -2.32. The molecule has 0 spiro atoms. The van der Waals surface area contributed by atoms with E-state index in [9.17, 15) is 17.6 Å². The van der Waals surface area contributed by atoms with Crippen molar-refractivity contribution in [3.63, 3.8) is 0 Å². The minimum Gasteiger partial charge on any atom is -0.352 e. The molecule has 8 nitrogen and oxygen atoms in total. The Hall–Kier alpha value is -2.24. The molecule has 0 bridgehead atoms. The number of hydrogen-bond acceptors (Lipinski definition) is 5. The molecular weight excluding hydrogens is 432 g/mol. The van der Waals surface area contributed by atoms with Gasteiger partial charge in [-0.15, -0.1) is 24.8 Å². The molecule has 2 aromatic heterocycles. The Morgan fingerprint density at radius 2 is 1.86 bits per heavy atom. The third-order valence-electron chi connectivity index (χ3n) is 3.65. The van der Waals surface area contributed by atoms with Crippen LogP contribution in [0.2, 0.25) is 0 Å². The van der Waals surface area contributed by atoms with E-state index in [-0.39, 0.29) is 42.6 Å². The highest BCUT2D eigenvalue weighted by Crippen LogP contribution is 2.26. The molecule has 28 heavy (non-hydrogen) atoms. The molecule has 0 radical (unpaired) electrons. The van der Waals surface area contributed by atoms with Crippen molar-refractivity contribution in [1.82, 2.24) is 14.7 Å². The van der Waals surface area contributed by atoms with Gasteiger partial charge in [0.1, 0.15) is 11.5 Å². The monoisotopic (exact) mass is 449 g/mol. The number of nitrogens with zero attached hydrogens (tertiary/aromatic N) is 1. The molecule has 0 aliphatic heterocycles. The smallest absolute Gasteiger partial charge is 0.274 e. The van der Waals surface area contributed by atoms with Gasteiger partial charge >= 0.3 is 0 Å². The third kappa shape index (κ3) is 6.14. The third-order valence-corrected chi connectivity index (χ3v) is 4.26. The van der Waals surface area contributed by atoms with Gasteiger partial charge in [-0.05, 0) is 36.2 Å². The van der Waals surface area contributed by atoms with E-state index in [1.54, 1.807) is 24.3 Å². The van der Waals surface area contributed by atoms with E-state index in [2.05, 4.69) is 20.0 Å². The highest BCUT2D eigenvalue weighted by Gasteiger charge is 2.08. The number of aromatic amines is 1. The van der Waals surface area contributed by atoms with Crippen LogP contribution in [0.3, 0.4) is 0 Å². The van der Waals surface area contributed by atoms with E-state index in [4.69, 9.17) is 5.14 Å². The van der Waals surface area contributed by atoms with Gasteiger partial charge in [-0.25, -0.2) is 19.2 Å². The van der Waals surface area contributed by atoms with Gasteiger partial charge in [0, 0.05) is 24.2 Å². The summed E-state index contributed by atoms with van der Waals surface area (Å²) in [6, 6.07) is 9.06. The summed E-state index contributed by atoms with van der Waals surface area (Å²) in [5.41, 5.74) is 1.62. The van der Waals surface area contributed by atoms with Gasteiger partial charge in [-0.3, -0.25) is 4.79 Å². The maximum Gasteiger partial charge on any atom is 0.274 e. The van der Waals surface area contributed by atoms with Gasteiger partial charge in [-0.2, -0.15) is 8.42 Å². The van der Waals surface area contributed by atoms with E-state index in [1.807, 2.05) is 0 Å².